The Balaban J connectivity index is 0.000000322. The molecule has 0 radical (unpaired) electrons. The Bertz CT molecular complexity index is 546. The molecule has 0 spiro atoms. The predicted octanol–water partition coefficient (Wildman–Crippen LogP) is 2.95. The molecule has 1 aromatic rings. The Morgan fingerprint density at radius 2 is 1.91 bits per heavy atom. The number of rotatable bonds is 3. The first kappa shape index (κ1) is 19.0. The van der Waals surface area contributed by atoms with Gasteiger partial charge in [-0.2, -0.15) is 26.3 Å². The van der Waals surface area contributed by atoms with Gasteiger partial charge in [0.2, 0.25) is 5.76 Å². The van der Waals surface area contributed by atoms with E-state index in [1.807, 2.05) is 6.08 Å². The first-order valence-corrected chi connectivity index (χ1v) is 6.21. The zero-order valence-corrected chi connectivity index (χ0v) is 11.4. The minimum Gasteiger partial charge on any atom is -0.475 e. The van der Waals surface area contributed by atoms with Gasteiger partial charge in [0.05, 0.1) is 0 Å². The van der Waals surface area contributed by atoms with Crippen LogP contribution in [0.25, 0.3) is 6.08 Å². The van der Waals surface area contributed by atoms with Gasteiger partial charge in [0.1, 0.15) is 5.69 Å². The summed E-state index contributed by atoms with van der Waals surface area (Å²) in [6, 6.07) is 0.898. The SMILES string of the molecule is FC(F)(F)c1cc(C=CCC2CNC2)no1.O=C(O)C(F)(F)F. The molecular formula is C12H12F6N2O3. The van der Waals surface area contributed by atoms with Gasteiger partial charge < -0.3 is 14.9 Å². The van der Waals surface area contributed by atoms with E-state index < -0.39 is 24.1 Å². The summed E-state index contributed by atoms with van der Waals surface area (Å²) < 4.78 is 72.4. The van der Waals surface area contributed by atoms with Crippen LogP contribution < -0.4 is 5.32 Å². The summed E-state index contributed by atoms with van der Waals surface area (Å²) in [4.78, 5) is 8.90. The molecule has 0 amide bonds. The van der Waals surface area contributed by atoms with Gasteiger partial charge in [-0.05, 0) is 31.5 Å². The van der Waals surface area contributed by atoms with Crippen molar-refractivity contribution in [2.45, 2.75) is 18.8 Å². The Hall–Kier alpha value is -2.04. The maximum absolute atomic E-state index is 12.1. The standard InChI is InChI=1S/C10H11F3N2O.C2HF3O2/c11-10(12,13)9-4-8(15-16-9)3-1-2-7-5-14-6-7;3-2(4,5)1(6)7/h1,3-4,7,14H,2,5-6H2;(H,6,7). The van der Waals surface area contributed by atoms with Crippen molar-refractivity contribution in [2.75, 3.05) is 13.1 Å². The molecule has 0 atom stereocenters. The van der Waals surface area contributed by atoms with E-state index >= 15 is 0 Å². The molecule has 130 valence electrons. The van der Waals surface area contributed by atoms with Crippen LogP contribution in [0.1, 0.15) is 17.9 Å². The molecule has 1 fully saturated rings. The summed E-state index contributed by atoms with van der Waals surface area (Å²) in [6.45, 7) is 1.94. The van der Waals surface area contributed by atoms with Crippen molar-refractivity contribution in [3.8, 4) is 0 Å². The predicted molar refractivity (Wildman–Crippen MR) is 65.2 cm³/mol. The molecule has 0 aliphatic carbocycles. The number of aliphatic carboxylic acids is 1. The number of carboxylic acid groups (broad SMARTS) is 1. The summed E-state index contributed by atoms with van der Waals surface area (Å²) >= 11 is 0. The molecule has 1 aromatic heterocycles. The van der Waals surface area contributed by atoms with Crippen LogP contribution >= 0.6 is 0 Å². The first-order valence-electron chi connectivity index (χ1n) is 6.21. The zero-order valence-electron chi connectivity index (χ0n) is 11.4. The summed E-state index contributed by atoms with van der Waals surface area (Å²) in [5.41, 5.74) is 0.208. The second-order valence-corrected chi connectivity index (χ2v) is 4.58. The lowest BCUT2D eigenvalue weighted by atomic mass is 9.99. The summed E-state index contributed by atoms with van der Waals surface area (Å²) in [7, 11) is 0. The number of alkyl halides is 6. The molecule has 0 aromatic carbocycles. The Kier molecular flexibility index (Phi) is 6.19. The van der Waals surface area contributed by atoms with Gasteiger partial charge in [-0.1, -0.05) is 11.2 Å². The van der Waals surface area contributed by atoms with Crippen LogP contribution in [0.5, 0.6) is 0 Å². The summed E-state index contributed by atoms with van der Waals surface area (Å²) in [5, 5.41) is 13.6. The number of carboxylic acids is 1. The van der Waals surface area contributed by atoms with Crippen molar-refractivity contribution in [3.05, 3.63) is 23.6 Å². The van der Waals surface area contributed by atoms with Crippen LogP contribution in [0.4, 0.5) is 26.3 Å². The number of nitrogens with one attached hydrogen (secondary N) is 1. The second kappa shape index (κ2) is 7.49. The topological polar surface area (TPSA) is 75.4 Å². The zero-order chi connectivity index (χ0) is 17.7. The van der Waals surface area contributed by atoms with Crippen LogP contribution in [0.2, 0.25) is 0 Å². The van der Waals surface area contributed by atoms with E-state index in [4.69, 9.17) is 9.90 Å². The number of hydrogen-bond donors (Lipinski definition) is 2. The maximum Gasteiger partial charge on any atom is 0.490 e. The van der Waals surface area contributed by atoms with Crippen molar-refractivity contribution >= 4 is 12.0 Å². The monoisotopic (exact) mass is 346 g/mol. The second-order valence-electron chi connectivity index (χ2n) is 4.58. The molecule has 2 heterocycles. The van der Waals surface area contributed by atoms with E-state index in [1.54, 1.807) is 6.08 Å². The van der Waals surface area contributed by atoms with Crippen LogP contribution in [-0.2, 0) is 11.0 Å². The smallest absolute Gasteiger partial charge is 0.475 e. The number of hydrogen-bond acceptors (Lipinski definition) is 4. The molecule has 0 bridgehead atoms. The lowest BCUT2D eigenvalue weighted by Crippen LogP contribution is -2.41. The summed E-state index contributed by atoms with van der Waals surface area (Å²) in [5.74, 6) is -3.23. The normalized spacial score (nSPS) is 15.9. The highest BCUT2D eigenvalue weighted by Gasteiger charge is 2.38. The van der Waals surface area contributed by atoms with E-state index in [2.05, 4.69) is 15.0 Å². The molecular weight excluding hydrogens is 334 g/mol. The highest BCUT2D eigenvalue weighted by atomic mass is 19.4. The van der Waals surface area contributed by atoms with E-state index in [1.165, 1.54) is 0 Å². The van der Waals surface area contributed by atoms with Crippen molar-refractivity contribution in [1.29, 1.82) is 0 Å². The molecule has 0 saturated carbocycles. The highest BCUT2D eigenvalue weighted by Crippen LogP contribution is 2.29. The quantitative estimate of drug-likeness (QED) is 0.823. The maximum atomic E-state index is 12.1. The molecule has 1 saturated heterocycles. The number of nitrogens with zero attached hydrogens (tertiary/aromatic N) is 1. The van der Waals surface area contributed by atoms with E-state index in [9.17, 15) is 26.3 Å². The number of aromatic nitrogens is 1. The average Bonchev–Trinajstić information content (AvgIpc) is 2.80. The number of halogens is 6. The van der Waals surface area contributed by atoms with E-state index in [-0.39, 0.29) is 5.69 Å². The molecule has 23 heavy (non-hydrogen) atoms. The molecule has 2 N–H and O–H groups in total. The first-order chi connectivity index (χ1) is 10.5. The highest BCUT2D eigenvalue weighted by molar-refractivity contribution is 5.73. The Morgan fingerprint density at radius 1 is 1.35 bits per heavy atom. The van der Waals surface area contributed by atoms with Crippen LogP contribution in [0, 0.1) is 5.92 Å². The fraction of sp³-hybridized carbons (Fsp3) is 0.500. The van der Waals surface area contributed by atoms with Gasteiger partial charge in [-0.15, -0.1) is 0 Å². The lowest BCUT2D eigenvalue weighted by Gasteiger charge is -2.25. The molecule has 1 aliphatic heterocycles. The van der Waals surface area contributed by atoms with Crippen molar-refractivity contribution in [1.82, 2.24) is 10.5 Å². The molecule has 11 heteroatoms. The lowest BCUT2D eigenvalue weighted by molar-refractivity contribution is -0.192. The minimum absolute atomic E-state index is 0.208. The van der Waals surface area contributed by atoms with Crippen LogP contribution in [0.3, 0.4) is 0 Å². The third-order valence-electron chi connectivity index (χ3n) is 2.67. The van der Waals surface area contributed by atoms with E-state index in [0.717, 1.165) is 25.6 Å². The van der Waals surface area contributed by atoms with Crippen molar-refractivity contribution in [3.63, 3.8) is 0 Å². The molecule has 5 nitrogen and oxygen atoms in total. The molecule has 0 unspecified atom stereocenters. The van der Waals surface area contributed by atoms with E-state index in [0.29, 0.717) is 5.92 Å². The van der Waals surface area contributed by atoms with Crippen LogP contribution in [0.15, 0.2) is 16.7 Å². The van der Waals surface area contributed by atoms with Crippen molar-refractivity contribution in [2.24, 2.45) is 5.92 Å². The molecule has 2 rings (SSSR count). The van der Waals surface area contributed by atoms with Gasteiger partial charge in [0.15, 0.2) is 0 Å². The van der Waals surface area contributed by atoms with Gasteiger partial charge in [-0.3, -0.25) is 0 Å². The number of allylic oxidation sites excluding steroid dienone is 1. The third kappa shape index (κ3) is 6.72. The van der Waals surface area contributed by atoms with Crippen molar-refractivity contribution < 1.29 is 40.8 Å². The number of carbonyl (C=O) groups is 1. The Labute approximate surface area is 125 Å². The van der Waals surface area contributed by atoms with Gasteiger partial charge in [0, 0.05) is 6.07 Å². The fourth-order valence-corrected chi connectivity index (χ4v) is 1.40. The third-order valence-corrected chi connectivity index (χ3v) is 2.67. The van der Waals surface area contributed by atoms with Gasteiger partial charge in [0.25, 0.3) is 0 Å². The molecule has 1 aliphatic rings. The van der Waals surface area contributed by atoms with Gasteiger partial charge in [-0.25, -0.2) is 4.79 Å². The fourth-order valence-electron chi connectivity index (χ4n) is 1.40. The van der Waals surface area contributed by atoms with Crippen LogP contribution in [-0.4, -0.2) is 35.5 Å². The average molecular weight is 346 g/mol. The summed E-state index contributed by atoms with van der Waals surface area (Å²) in [6.07, 6.45) is -5.32. The largest absolute Gasteiger partial charge is 0.490 e. The minimum atomic E-state index is -5.08. The Morgan fingerprint density at radius 3 is 2.26 bits per heavy atom. The van der Waals surface area contributed by atoms with Gasteiger partial charge >= 0.3 is 18.3 Å².